The molecule has 0 radical (unpaired) electrons. The summed E-state index contributed by atoms with van der Waals surface area (Å²) in [5.41, 5.74) is 1.60. The number of hydrogen-bond donors (Lipinski definition) is 2. The van der Waals surface area contributed by atoms with Gasteiger partial charge in [-0.2, -0.15) is 0 Å². The minimum Gasteiger partial charge on any atom is -0.496 e. The van der Waals surface area contributed by atoms with Gasteiger partial charge >= 0.3 is 0 Å². The van der Waals surface area contributed by atoms with Crippen LogP contribution in [0, 0.1) is 0 Å². The molecule has 1 heterocycles. The van der Waals surface area contributed by atoms with Crippen LogP contribution in [-0.2, 0) is 4.74 Å². The number of nitrogens with zero attached hydrogens (tertiary/aromatic N) is 1. The summed E-state index contributed by atoms with van der Waals surface area (Å²) in [4.78, 5) is 29.3. The molecule has 2 N–H and O–H groups in total. The molecule has 0 fully saturated rings. The van der Waals surface area contributed by atoms with Gasteiger partial charge < -0.3 is 24.8 Å². The molecule has 4 aromatic rings. The van der Waals surface area contributed by atoms with E-state index in [2.05, 4.69) is 15.6 Å². The molecule has 0 bridgehead atoms. The fourth-order valence-corrected chi connectivity index (χ4v) is 3.73. The smallest absolute Gasteiger partial charge is 0.254 e. The number of nitrogens with one attached hydrogen (secondary N) is 2. The third-order valence-electron chi connectivity index (χ3n) is 5.41. The van der Waals surface area contributed by atoms with Crippen LogP contribution in [0.25, 0.3) is 21.7 Å². The molecular formula is C26H25N3O5. The van der Waals surface area contributed by atoms with Crippen molar-refractivity contribution >= 4 is 33.5 Å². The molecule has 0 atom stereocenters. The van der Waals surface area contributed by atoms with Crippen LogP contribution < -0.4 is 20.1 Å². The minimum atomic E-state index is -0.268. The Kier molecular flexibility index (Phi) is 6.89. The highest BCUT2D eigenvalue weighted by atomic mass is 16.5. The van der Waals surface area contributed by atoms with E-state index in [4.69, 9.17) is 14.2 Å². The zero-order valence-corrected chi connectivity index (χ0v) is 19.2. The van der Waals surface area contributed by atoms with E-state index in [1.807, 2.05) is 30.3 Å². The Balaban J connectivity index is 1.69. The van der Waals surface area contributed by atoms with Crippen LogP contribution in [-0.4, -0.2) is 51.2 Å². The molecule has 0 aliphatic rings. The number of rotatable bonds is 8. The molecule has 0 spiro atoms. The highest BCUT2D eigenvalue weighted by molar-refractivity contribution is 6.07. The molecule has 0 aliphatic carbocycles. The fourth-order valence-electron chi connectivity index (χ4n) is 3.73. The van der Waals surface area contributed by atoms with Crippen molar-refractivity contribution in [2.45, 2.75) is 0 Å². The summed E-state index contributed by atoms with van der Waals surface area (Å²) >= 11 is 0. The highest BCUT2D eigenvalue weighted by Crippen LogP contribution is 2.34. The Hall–Kier alpha value is -4.17. The number of benzene rings is 3. The Morgan fingerprint density at radius 3 is 2.53 bits per heavy atom. The third kappa shape index (κ3) is 4.62. The lowest BCUT2D eigenvalue weighted by Crippen LogP contribution is -2.27. The van der Waals surface area contributed by atoms with E-state index in [1.54, 1.807) is 44.6 Å². The standard InChI is InChI=1S/C26H25N3O5/c1-27-25(30)21-14-20-22(15-24(21)33-3)28-10-9-23(20)34-17-7-8-18-16(13-17)5-4-6-19(18)26(31)29-11-12-32-2/h4-10,13-15H,11-12H2,1-3H3,(H,27,30)(H,29,31). The molecule has 1 aromatic heterocycles. The second kappa shape index (κ2) is 10.2. The van der Waals surface area contributed by atoms with Crippen molar-refractivity contribution in [3.8, 4) is 17.2 Å². The summed E-state index contributed by atoms with van der Waals surface area (Å²) in [7, 11) is 4.66. The molecule has 0 aliphatic heterocycles. The van der Waals surface area contributed by atoms with E-state index in [1.165, 1.54) is 7.11 Å². The minimum absolute atomic E-state index is 0.160. The third-order valence-corrected chi connectivity index (χ3v) is 5.41. The maximum absolute atomic E-state index is 12.6. The first-order valence-corrected chi connectivity index (χ1v) is 10.7. The number of methoxy groups -OCH3 is 2. The van der Waals surface area contributed by atoms with Crippen molar-refractivity contribution < 1.29 is 23.8 Å². The number of carbonyl (C=O) groups is 2. The first kappa shape index (κ1) is 23.0. The van der Waals surface area contributed by atoms with Gasteiger partial charge in [0.05, 0.1) is 24.8 Å². The summed E-state index contributed by atoms with van der Waals surface area (Å²) in [6, 6.07) is 16.2. The second-order valence-corrected chi connectivity index (χ2v) is 7.50. The normalized spacial score (nSPS) is 10.8. The van der Waals surface area contributed by atoms with Crippen LogP contribution in [0.4, 0.5) is 0 Å². The molecule has 8 nitrogen and oxygen atoms in total. The first-order chi connectivity index (χ1) is 16.5. The lowest BCUT2D eigenvalue weighted by atomic mass is 10.0. The average molecular weight is 460 g/mol. The zero-order chi connectivity index (χ0) is 24.1. The first-order valence-electron chi connectivity index (χ1n) is 10.7. The van der Waals surface area contributed by atoms with Gasteiger partial charge in [0.1, 0.15) is 17.2 Å². The van der Waals surface area contributed by atoms with Gasteiger partial charge in [0.2, 0.25) is 0 Å². The van der Waals surface area contributed by atoms with E-state index in [0.29, 0.717) is 52.4 Å². The van der Waals surface area contributed by atoms with E-state index in [-0.39, 0.29) is 11.8 Å². The van der Waals surface area contributed by atoms with Crippen molar-refractivity contribution in [3.05, 3.63) is 71.9 Å². The van der Waals surface area contributed by atoms with E-state index in [9.17, 15) is 9.59 Å². The van der Waals surface area contributed by atoms with Crippen LogP contribution in [0.1, 0.15) is 20.7 Å². The van der Waals surface area contributed by atoms with Gasteiger partial charge in [-0.05, 0) is 47.2 Å². The topological polar surface area (TPSA) is 98.8 Å². The summed E-state index contributed by atoms with van der Waals surface area (Å²) < 4.78 is 16.5. The van der Waals surface area contributed by atoms with Crippen LogP contribution in [0.3, 0.4) is 0 Å². The second-order valence-electron chi connectivity index (χ2n) is 7.50. The molecule has 3 aromatic carbocycles. The van der Waals surface area contributed by atoms with Gasteiger partial charge in [-0.15, -0.1) is 0 Å². The number of fused-ring (bicyclic) bond motifs is 2. The van der Waals surface area contributed by atoms with Crippen molar-refractivity contribution in [3.63, 3.8) is 0 Å². The van der Waals surface area contributed by atoms with Crippen LogP contribution in [0.2, 0.25) is 0 Å². The van der Waals surface area contributed by atoms with Crippen molar-refractivity contribution in [2.75, 3.05) is 34.4 Å². The molecule has 34 heavy (non-hydrogen) atoms. The summed E-state index contributed by atoms with van der Waals surface area (Å²) in [5, 5.41) is 7.82. The summed E-state index contributed by atoms with van der Waals surface area (Å²) in [6.07, 6.45) is 1.64. The number of carbonyl (C=O) groups excluding carboxylic acids is 2. The van der Waals surface area contributed by atoms with Gasteiger partial charge in [0, 0.05) is 43.9 Å². The lowest BCUT2D eigenvalue weighted by molar-refractivity contribution is 0.0936. The lowest BCUT2D eigenvalue weighted by Gasteiger charge is -2.13. The highest BCUT2D eigenvalue weighted by Gasteiger charge is 2.16. The largest absolute Gasteiger partial charge is 0.496 e. The number of ether oxygens (including phenoxy) is 3. The molecular weight excluding hydrogens is 434 g/mol. The Morgan fingerprint density at radius 1 is 0.912 bits per heavy atom. The van der Waals surface area contributed by atoms with Crippen LogP contribution in [0.15, 0.2) is 60.8 Å². The van der Waals surface area contributed by atoms with Gasteiger partial charge in [-0.1, -0.05) is 12.1 Å². The fraction of sp³-hybridized carbons (Fsp3) is 0.192. The van der Waals surface area contributed by atoms with Crippen molar-refractivity contribution in [1.29, 1.82) is 0 Å². The van der Waals surface area contributed by atoms with Gasteiger partial charge in [0.15, 0.2) is 0 Å². The summed E-state index contributed by atoms with van der Waals surface area (Å²) in [6.45, 7) is 0.882. The van der Waals surface area contributed by atoms with E-state index >= 15 is 0 Å². The van der Waals surface area contributed by atoms with Crippen molar-refractivity contribution in [2.24, 2.45) is 0 Å². The van der Waals surface area contributed by atoms with Gasteiger partial charge in [-0.3, -0.25) is 14.6 Å². The Morgan fingerprint density at radius 2 is 1.76 bits per heavy atom. The molecule has 4 rings (SSSR count). The van der Waals surface area contributed by atoms with Crippen LogP contribution >= 0.6 is 0 Å². The number of pyridine rings is 1. The van der Waals surface area contributed by atoms with Gasteiger partial charge in [0.25, 0.3) is 11.8 Å². The molecule has 0 saturated heterocycles. The molecule has 8 heteroatoms. The molecule has 174 valence electrons. The van der Waals surface area contributed by atoms with Crippen molar-refractivity contribution in [1.82, 2.24) is 15.6 Å². The predicted molar refractivity (Wildman–Crippen MR) is 130 cm³/mol. The maximum atomic E-state index is 12.6. The average Bonchev–Trinajstić information content (AvgIpc) is 2.87. The Labute approximate surface area is 196 Å². The zero-order valence-electron chi connectivity index (χ0n) is 19.2. The maximum Gasteiger partial charge on any atom is 0.254 e. The quantitative estimate of drug-likeness (QED) is 0.388. The Bertz CT molecular complexity index is 1370. The summed E-state index contributed by atoms with van der Waals surface area (Å²) in [5.74, 6) is 1.14. The molecule has 0 unspecified atom stereocenters. The number of amides is 2. The molecule has 2 amide bonds. The van der Waals surface area contributed by atoms with E-state index in [0.717, 1.165) is 10.8 Å². The molecule has 0 saturated carbocycles. The van der Waals surface area contributed by atoms with E-state index < -0.39 is 0 Å². The monoisotopic (exact) mass is 459 g/mol. The predicted octanol–water partition coefficient (Wildman–Crippen LogP) is 3.92. The number of hydrogen-bond acceptors (Lipinski definition) is 6. The van der Waals surface area contributed by atoms with Gasteiger partial charge in [-0.25, -0.2) is 0 Å². The number of aromatic nitrogens is 1. The SMILES string of the molecule is CNC(=O)c1cc2c(Oc3ccc4c(C(=O)NCCOC)cccc4c3)ccnc2cc1OC. The van der Waals surface area contributed by atoms with Crippen LogP contribution in [0.5, 0.6) is 17.2 Å².